The van der Waals surface area contributed by atoms with E-state index in [-0.39, 0.29) is 0 Å². The molecule has 0 spiro atoms. The van der Waals surface area contributed by atoms with Crippen molar-refractivity contribution in [2.45, 2.75) is 25.7 Å². The van der Waals surface area contributed by atoms with Crippen LogP contribution in [0.15, 0.2) is 60.7 Å². The van der Waals surface area contributed by atoms with Gasteiger partial charge in [0.25, 0.3) is 0 Å². The maximum atomic E-state index is 10.3. The van der Waals surface area contributed by atoms with Crippen LogP contribution in [0, 0.1) is 22.7 Å². The molecular weight excluding hydrogens is 380 g/mol. The first-order chi connectivity index (χ1) is 15.2. The first-order valence-electron chi connectivity index (χ1n) is 10.5. The van der Waals surface area contributed by atoms with E-state index in [0.29, 0.717) is 28.0 Å². The highest BCUT2D eigenvalue weighted by Gasteiger charge is 2.27. The highest BCUT2D eigenvalue weighted by molar-refractivity contribution is 6.05. The number of pyridine rings is 1. The summed E-state index contributed by atoms with van der Waals surface area (Å²) >= 11 is 0. The van der Waals surface area contributed by atoms with Crippen LogP contribution in [0.1, 0.15) is 35.1 Å². The molecule has 0 saturated heterocycles. The zero-order valence-electron chi connectivity index (χ0n) is 17.0. The largest absolute Gasteiger partial charge is 0.397 e. The van der Waals surface area contributed by atoms with Gasteiger partial charge in [-0.3, -0.25) is 0 Å². The van der Waals surface area contributed by atoms with Crippen molar-refractivity contribution in [3.05, 3.63) is 82.9 Å². The Kier molecular flexibility index (Phi) is 4.62. The molecule has 1 aliphatic rings. The molecule has 0 radical (unpaired) electrons. The van der Waals surface area contributed by atoms with Gasteiger partial charge in [0, 0.05) is 16.5 Å². The minimum absolute atomic E-state index is 0.378. The second kappa shape index (κ2) is 7.59. The Morgan fingerprint density at radius 2 is 1.32 bits per heavy atom. The molecule has 0 aliphatic heterocycles. The molecule has 4 aromatic rings. The highest BCUT2D eigenvalue weighted by atomic mass is 14.7. The third kappa shape index (κ3) is 2.93. The minimum Gasteiger partial charge on any atom is -0.397 e. The molecule has 0 unspecified atom stereocenters. The zero-order chi connectivity index (χ0) is 21.4. The van der Waals surface area contributed by atoms with Gasteiger partial charge in [0.1, 0.15) is 17.7 Å². The average Bonchev–Trinajstić information content (AvgIpc) is 2.83. The molecule has 0 saturated carbocycles. The van der Waals surface area contributed by atoms with E-state index in [2.05, 4.69) is 12.1 Å². The Hall–Kier alpha value is -4.15. The lowest BCUT2D eigenvalue weighted by Crippen LogP contribution is -2.11. The van der Waals surface area contributed by atoms with Crippen LogP contribution >= 0.6 is 0 Å². The fourth-order valence-corrected chi connectivity index (χ4v) is 4.77. The van der Waals surface area contributed by atoms with Crippen molar-refractivity contribution < 1.29 is 0 Å². The molecule has 0 bridgehead atoms. The number of nitrogens with two attached hydrogens (primary N) is 1. The normalized spacial score (nSPS) is 12.7. The molecule has 1 heterocycles. The SMILES string of the molecule is N#Cc1c(-c2ccccc2)nc2c(C#N)c(-c3ccccc3)c3c(c2c1N)CCCC3. The number of aryl methyl sites for hydroxylation is 1. The van der Waals surface area contributed by atoms with E-state index in [1.54, 1.807) is 0 Å². The number of hydrogen-bond donors (Lipinski definition) is 1. The van der Waals surface area contributed by atoms with E-state index in [1.807, 2.05) is 60.7 Å². The Morgan fingerprint density at radius 3 is 1.94 bits per heavy atom. The summed E-state index contributed by atoms with van der Waals surface area (Å²) in [6.07, 6.45) is 3.90. The molecule has 5 rings (SSSR count). The summed E-state index contributed by atoms with van der Waals surface area (Å²) in [6, 6.07) is 24.3. The fourth-order valence-electron chi connectivity index (χ4n) is 4.77. The van der Waals surface area contributed by atoms with Gasteiger partial charge < -0.3 is 5.73 Å². The molecule has 0 fully saturated rings. The molecule has 1 aliphatic carbocycles. The maximum Gasteiger partial charge on any atom is 0.104 e. The number of nitrogen functional groups attached to an aromatic ring is 1. The Labute approximate surface area is 181 Å². The Morgan fingerprint density at radius 1 is 0.742 bits per heavy atom. The van der Waals surface area contributed by atoms with E-state index in [1.165, 1.54) is 5.56 Å². The molecule has 2 N–H and O–H groups in total. The van der Waals surface area contributed by atoms with Crippen LogP contribution in [0.3, 0.4) is 0 Å². The van der Waals surface area contributed by atoms with Gasteiger partial charge in [-0.05, 0) is 42.4 Å². The van der Waals surface area contributed by atoms with Gasteiger partial charge in [-0.2, -0.15) is 10.5 Å². The number of nitrogens with zero attached hydrogens (tertiary/aromatic N) is 3. The molecule has 0 amide bonds. The molecule has 148 valence electrons. The van der Waals surface area contributed by atoms with E-state index in [9.17, 15) is 10.5 Å². The minimum atomic E-state index is 0.378. The smallest absolute Gasteiger partial charge is 0.104 e. The van der Waals surface area contributed by atoms with E-state index in [0.717, 1.165) is 53.3 Å². The highest BCUT2D eigenvalue weighted by Crippen LogP contribution is 2.43. The third-order valence-corrected chi connectivity index (χ3v) is 6.13. The van der Waals surface area contributed by atoms with E-state index >= 15 is 0 Å². The predicted octanol–water partition coefficient (Wildman–Crippen LogP) is 5.77. The summed E-state index contributed by atoms with van der Waals surface area (Å²) in [6.45, 7) is 0. The summed E-state index contributed by atoms with van der Waals surface area (Å²) in [5.74, 6) is 0. The molecule has 4 nitrogen and oxygen atoms in total. The summed E-state index contributed by atoms with van der Waals surface area (Å²) < 4.78 is 0. The average molecular weight is 400 g/mol. The van der Waals surface area contributed by atoms with E-state index < -0.39 is 0 Å². The lowest BCUT2D eigenvalue weighted by molar-refractivity contribution is 0.691. The van der Waals surface area contributed by atoms with Gasteiger partial charge in [0.15, 0.2) is 0 Å². The predicted molar refractivity (Wildman–Crippen MR) is 123 cm³/mol. The van der Waals surface area contributed by atoms with Crippen LogP contribution in [-0.4, -0.2) is 4.98 Å². The van der Waals surface area contributed by atoms with Crippen molar-refractivity contribution in [2.75, 3.05) is 5.73 Å². The van der Waals surface area contributed by atoms with Crippen molar-refractivity contribution in [3.63, 3.8) is 0 Å². The second-order valence-electron chi connectivity index (χ2n) is 7.84. The fraction of sp³-hybridized carbons (Fsp3) is 0.148. The number of aromatic nitrogens is 1. The van der Waals surface area contributed by atoms with Crippen LogP contribution in [0.4, 0.5) is 5.69 Å². The van der Waals surface area contributed by atoms with Crippen molar-refractivity contribution in [2.24, 2.45) is 0 Å². The van der Waals surface area contributed by atoms with Crippen LogP contribution in [0.2, 0.25) is 0 Å². The monoisotopic (exact) mass is 400 g/mol. The van der Waals surface area contributed by atoms with Crippen LogP contribution < -0.4 is 5.73 Å². The lowest BCUT2D eigenvalue weighted by Gasteiger charge is -2.25. The molecule has 0 atom stereocenters. The Balaban J connectivity index is 1.98. The molecule has 3 aromatic carbocycles. The molecular formula is C27H20N4. The van der Waals surface area contributed by atoms with Crippen molar-refractivity contribution in [3.8, 4) is 34.5 Å². The van der Waals surface area contributed by atoms with Gasteiger partial charge in [-0.25, -0.2) is 4.98 Å². The number of benzene rings is 3. The van der Waals surface area contributed by atoms with Crippen LogP contribution in [0.25, 0.3) is 33.3 Å². The van der Waals surface area contributed by atoms with Crippen molar-refractivity contribution >= 4 is 16.6 Å². The quantitative estimate of drug-likeness (QED) is 0.462. The van der Waals surface area contributed by atoms with Gasteiger partial charge >= 0.3 is 0 Å². The number of fused-ring (bicyclic) bond motifs is 3. The van der Waals surface area contributed by atoms with Crippen molar-refractivity contribution in [1.82, 2.24) is 4.98 Å². The second-order valence-corrected chi connectivity index (χ2v) is 7.84. The summed E-state index contributed by atoms with van der Waals surface area (Å²) in [5, 5.41) is 21.0. The van der Waals surface area contributed by atoms with Gasteiger partial charge in [-0.15, -0.1) is 0 Å². The first-order valence-corrected chi connectivity index (χ1v) is 10.5. The van der Waals surface area contributed by atoms with Crippen molar-refractivity contribution in [1.29, 1.82) is 10.5 Å². The number of nitriles is 2. The summed E-state index contributed by atoms with van der Waals surface area (Å²) in [4.78, 5) is 4.92. The van der Waals surface area contributed by atoms with Crippen LogP contribution in [0.5, 0.6) is 0 Å². The lowest BCUT2D eigenvalue weighted by atomic mass is 9.80. The first kappa shape index (κ1) is 18.9. The number of rotatable bonds is 2. The summed E-state index contributed by atoms with van der Waals surface area (Å²) in [5.41, 5.74) is 14.2. The third-order valence-electron chi connectivity index (χ3n) is 6.13. The zero-order valence-corrected chi connectivity index (χ0v) is 17.0. The standard InChI is InChI=1S/C27H20N4/c28-15-21-23(17-9-3-1-4-10-17)19-13-7-8-14-20(19)24-25(30)22(16-29)26(31-27(21)24)18-11-5-2-6-12-18/h1-6,9-12H,7-8,13-14H2,(H2,30,31). The molecule has 4 heteroatoms. The summed E-state index contributed by atoms with van der Waals surface area (Å²) in [7, 11) is 0. The number of hydrogen-bond acceptors (Lipinski definition) is 4. The molecule has 31 heavy (non-hydrogen) atoms. The number of anilines is 1. The van der Waals surface area contributed by atoms with Gasteiger partial charge in [0.05, 0.1) is 22.5 Å². The maximum absolute atomic E-state index is 10.3. The molecule has 1 aromatic heterocycles. The van der Waals surface area contributed by atoms with Gasteiger partial charge in [0.2, 0.25) is 0 Å². The van der Waals surface area contributed by atoms with Gasteiger partial charge in [-0.1, -0.05) is 60.7 Å². The Bertz CT molecular complexity index is 1390. The van der Waals surface area contributed by atoms with E-state index in [4.69, 9.17) is 10.7 Å². The topological polar surface area (TPSA) is 86.5 Å². The van der Waals surface area contributed by atoms with Crippen LogP contribution in [-0.2, 0) is 12.8 Å².